The summed E-state index contributed by atoms with van der Waals surface area (Å²) in [5.74, 6) is -0.310. The van der Waals surface area contributed by atoms with Gasteiger partial charge >= 0.3 is 6.36 Å². The van der Waals surface area contributed by atoms with E-state index >= 15 is 0 Å². The molecule has 0 unspecified atom stereocenters. The lowest BCUT2D eigenvalue weighted by atomic mass is 10.2. The highest BCUT2D eigenvalue weighted by atomic mass is 19.4. The van der Waals surface area contributed by atoms with Gasteiger partial charge in [-0.2, -0.15) is 0 Å². The lowest BCUT2D eigenvalue weighted by molar-refractivity contribution is -0.274. The van der Waals surface area contributed by atoms with Crippen LogP contribution in [0.25, 0.3) is 6.08 Å². The number of hydrogen-bond acceptors (Lipinski definition) is 1. The number of rotatable bonds is 3. The van der Waals surface area contributed by atoms with Crippen LogP contribution in [-0.2, 0) is 5.11 Å². The maximum atomic E-state index is 11.9. The fraction of sp³-hybridized carbons (Fsp3) is 0.200. The van der Waals surface area contributed by atoms with Gasteiger partial charge < -0.3 is 4.74 Å². The van der Waals surface area contributed by atoms with Crippen LogP contribution in [0.1, 0.15) is 5.56 Å². The molecule has 0 fully saturated rings. The molecule has 1 aromatic carbocycles. The lowest BCUT2D eigenvalue weighted by Crippen LogP contribution is -2.17. The standard InChI is InChI=1S/C10H8F3O2/c11-10(12,13)15-9-6-2-1-4-8(9)5-3-7-14/h1-6H,7H2/b5-3+. The van der Waals surface area contributed by atoms with E-state index in [1.54, 1.807) is 6.07 Å². The van der Waals surface area contributed by atoms with Crippen LogP contribution in [0.3, 0.4) is 0 Å². The summed E-state index contributed by atoms with van der Waals surface area (Å²) in [5, 5.41) is 10.1. The van der Waals surface area contributed by atoms with Crippen LogP contribution in [0.2, 0.25) is 0 Å². The molecule has 0 atom stereocenters. The summed E-state index contributed by atoms with van der Waals surface area (Å²) in [7, 11) is 0. The number of ether oxygens (including phenoxy) is 1. The lowest BCUT2D eigenvalue weighted by Gasteiger charge is -2.10. The molecular formula is C10H8F3O2. The fourth-order valence-corrected chi connectivity index (χ4v) is 1.01. The van der Waals surface area contributed by atoms with Crippen molar-refractivity contribution in [1.29, 1.82) is 0 Å². The van der Waals surface area contributed by atoms with Crippen LogP contribution >= 0.6 is 0 Å². The second-order valence-electron chi connectivity index (χ2n) is 2.65. The molecule has 0 aliphatic carbocycles. The van der Waals surface area contributed by atoms with Crippen molar-refractivity contribution >= 4 is 6.08 Å². The Morgan fingerprint density at radius 1 is 1.27 bits per heavy atom. The van der Waals surface area contributed by atoms with Crippen LogP contribution in [0.15, 0.2) is 30.3 Å². The molecular weight excluding hydrogens is 209 g/mol. The average molecular weight is 217 g/mol. The fourth-order valence-electron chi connectivity index (χ4n) is 1.01. The van der Waals surface area contributed by atoms with Gasteiger partial charge in [-0.05, 0) is 6.07 Å². The molecule has 1 radical (unpaired) electrons. The summed E-state index contributed by atoms with van der Waals surface area (Å²) in [4.78, 5) is 0. The third-order valence-electron chi connectivity index (χ3n) is 1.54. The molecule has 0 spiro atoms. The van der Waals surface area contributed by atoms with Crippen molar-refractivity contribution in [2.75, 3.05) is 6.61 Å². The Hall–Kier alpha value is -1.49. The molecule has 0 bridgehead atoms. The van der Waals surface area contributed by atoms with Crippen LogP contribution < -0.4 is 4.74 Å². The Labute approximate surface area is 84.6 Å². The maximum Gasteiger partial charge on any atom is 0.573 e. The molecule has 5 heteroatoms. The van der Waals surface area contributed by atoms with Crippen molar-refractivity contribution in [3.8, 4) is 5.75 Å². The molecule has 0 aliphatic heterocycles. The van der Waals surface area contributed by atoms with Gasteiger partial charge in [0, 0.05) is 5.56 Å². The van der Waals surface area contributed by atoms with E-state index in [-0.39, 0.29) is 11.3 Å². The molecule has 0 saturated heterocycles. The molecule has 81 valence electrons. The predicted octanol–water partition coefficient (Wildman–Crippen LogP) is 3.03. The van der Waals surface area contributed by atoms with Gasteiger partial charge in [-0.15, -0.1) is 13.2 Å². The minimum atomic E-state index is -4.72. The van der Waals surface area contributed by atoms with Crippen LogP contribution in [0, 0.1) is 0 Å². The minimum Gasteiger partial charge on any atom is -0.405 e. The summed E-state index contributed by atoms with van der Waals surface area (Å²) in [6, 6.07) is 5.62. The van der Waals surface area contributed by atoms with Crippen molar-refractivity contribution < 1.29 is 23.0 Å². The number of alkyl halides is 3. The zero-order chi connectivity index (χ0) is 11.3. The molecule has 15 heavy (non-hydrogen) atoms. The first-order valence-electron chi connectivity index (χ1n) is 4.12. The first-order chi connectivity index (χ1) is 7.03. The van der Waals surface area contributed by atoms with Crippen molar-refractivity contribution in [3.05, 3.63) is 35.9 Å². The number of benzene rings is 1. The second kappa shape index (κ2) is 4.84. The Morgan fingerprint density at radius 2 is 1.93 bits per heavy atom. The molecule has 2 nitrogen and oxygen atoms in total. The van der Waals surface area contributed by atoms with Crippen LogP contribution in [-0.4, -0.2) is 13.0 Å². The van der Waals surface area contributed by atoms with Crippen LogP contribution in [0.4, 0.5) is 13.2 Å². The molecule has 0 amide bonds. The zero-order valence-electron chi connectivity index (χ0n) is 7.62. The third kappa shape index (κ3) is 4.03. The van der Waals surface area contributed by atoms with Gasteiger partial charge in [-0.25, -0.2) is 5.11 Å². The van der Waals surface area contributed by atoms with Gasteiger partial charge in [0.05, 0.1) is 0 Å². The third-order valence-corrected chi connectivity index (χ3v) is 1.54. The van der Waals surface area contributed by atoms with E-state index in [2.05, 4.69) is 4.74 Å². The van der Waals surface area contributed by atoms with E-state index in [0.29, 0.717) is 0 Å². The molecule has 0 saturated carbocycles. The van der Waals surface area contributed by atoms with E-state index in [1.165, 1.54) is 30.4 Å². The summed E-state index contributed by atoms with van der Waals surface area (Å²) in [6.45, 7) is -0.486. The summed E-state index contributed by atoms with van der Waals surface area (Å²) >= 11 is 0. The van der Waals surface area contributed by atoms with Crippen LogP contribution in [0.5, 0.6) is 5.75 Å². The number of para-hydroxylation sites is 1. The predicted molar refractivity (Wildman–Crippen MR) is 47.7 cm³/mol. The Bertz CT molecular complexity index is 345. The Kier molecular flexibility index (Phi) is 3.74. The quantitative estimate of drug-likeness (QED) is 0.765. The number of halogens is 3. The van der Waals surface area contributed by atoms with Crippen molar-refractivity contribution in [2.24, 2.45) is 0 Å². The highest BCUT2D eigenvalue weighted by Gasteiger charge is 2.31. The first kappa shape index (κ1) is 11.6. The summed E-state index contributed by atoms with van der Waals surface area (Å²) < 4.78 is 39.6. The van der Waals surface area contributed by atoms with E-state index in [4.69, 9.17) is 0 Å². The molecule has 0 N–H and O–H groups in total. The molecule has 0 aliphatic rings. The molecule has 0 aromatic heterocycles. The number of hydrogen-bond donors (Lipinski definition) is 0. The van der Waals surface area contributed by atoms with Gasteiger partial charge in [0.15, 0.2) is 0 Å². The van der Waals surface area contributed by atoms with E-state index < -0.39 is 13.0 Å². The highest BCUT2D eigenvalue weighted by molar-refractivity contribution is 5.57. The summed E-state index contributed by atoms with van der Waals surface area (Å²) in [5.41, 5.74) is 0.227. The first-order valence-corrected chi connectivity index (χ1v) is 4.12. The zero-order valence-corrected chi connectivity index (χ0v) is 7.62. The van der Waals surface area contributed by atoms with Gasteiger partial charge in [-0.1, -0.05) is 30.4 Å². The molecule has 0 heterocycles. The Morgan fingerprint density at radius 3 is 2.53 bits per heavy atom. The molecule has 1 aromatic rings. The highest BCUT2D eigenvalue weighted by Crippen LogP contribution is 2.26. The smallest absolute Gasteiger partial charge is 0.405 e. The van der Waals surface area contributed by atoms with E-state index in [1.807, 2.05) is 0 Å². The monoisotopic (exact) mass is 217 g/mol. The largest absolute Gasteiger partial charge is 0.573 e. The maximum absolute atomic E-state index is 11.9. The van der Waals surface area contributed by atoms with E-state index in [0.717, 1.165) is 0 Å². The van der Waals surface area contributed by atoms with Crippen molar-refractivity contribution in [1.82, 2.24) is 0 Å². The summed E-state index contributed by atoms with van der Waals surface area (Å²) in [6.07, 6.45) is -2.20. The van der Waals surface area contributed by atoms with Gasteiger partial charge in [0.25, 0.3) is 0 Å². The van der Waals surface area contributed by atoms with E-state index in [9.17, 15) is 18.3 Å². The van der Waals surface area contributed by atoms with Gasteiger partial charge in [-0.3, -0.25) is 0 Å². The SMILES string of the molecule is [O]C/C=C/c1ccccc1OC(F)(F)F. The second-order valence-corrected chi connectivity index (χ2v) is 2.65. The van der Waals surface area contributed by atoms with Gasteiger partial charge in [0.1, 0.15) is 12.4 Å². The van der Waals surface area contributed by atoms with Crippen molar-refractivity contribution in [3.63, 3.8) is 0 Å². The van der Waals surface area contributed by atoms with Crippen molar-refractivity contribution in [2.45, 2.75) is 6.36 Å². The average Bonchev–Trinajstić information content (AvgIpc) is 2.14. The Balaban J connectivity index is 2.91. The topological polar surface area (TPSA) is 29.1 Å². The molecule has 1 rings (SSSR count). The normalized spacial score (nSPS) is 12.0. The van der Waals surface area contributed by atoms with Gasteiger partial charge in [0.2, 0.25) is 0 Å². The minimum absolute atomic E-state index is 0.227.